The van der Waals surface area contributed by atoms with Crippen LogP contribution in [0.25, 0.3) is 0 Å². The molecule has 0 radical (unpaired) electrons. The molecule has 19 heavy (non-hydrogen) atoms. The van der Waals surface area contributed by atoms with E-state index in [1.165, 1.54) is 6.07 Å². The highest BCUT2D eigenvalue weighted by atomic mass is 127. The fourth-order valence-corrected chi connectivity index (χ4v) is 2.69. The van der Waals surface area contributed by atoms with Crippen LogP contribution in [0.15, 0.2) is 34.7 Å². The summed E-state index contributed by atoms with van der Waals surface area (Å²) >= 11 is 3.63. The highest BCUT2D eigenvalue weighted by Gasteiger charge is 2.10. The quantitative estimate of drug-likeness (QED) is 0.484. The number of halogens is 1. The minimum absolute atomic E-state index is 0.0552. The molecule has 0 aliphatic carbocycles. The van der Waals surface area contributed by atoms with Gasteiger partial charge in [0, 0.05) is 8.45 Å². The van der Waals surface area contributed by atoms with E-state index in [9.17, 15) is 9.90 Å². The molecule has 0 atom stereocenters. The number of amides is 1. The largest absolute Gasteiger partial charge is 0.507 e. The zero-order valence-electron chi connectivity index (χ0n) is 10.1. The lowest BCUT2D eigenvalue weighted by molar-refractivity contribution is 0.0952. The Morgan fingerprint density at radius 2 is 2.26 bits per heavy atom. The number of hydrogen-bond acceptors (Lipinski definition) is 4. The lowest BCUT2D eigenvalue weighted by atomic mass is 10.2. The van der Waals surface area contributed by atoms with E-state index in [0.717, 1.165) is 14.0 Å². The molecule has 98 valence electrons. The standard InChI is InChI=1S/C13H11IN2O2S/c1-8-4-5-19-12(8)7-15-16-13(18)10-6-9(14)2-3-11(10)17/h2-7,17H,1H3,(H,16,18)/b15-7-. The number of rotatable bonds is 3. The molecule has 1 aromatic carbocycles. The van der Waals surface area contributed by atoms with Crippen molar-refractivity contribution >= 4 is 46.0 Å². The molecule has 0 unspecified atom stereocenters. The molecule has 4 nitrogen and oxygen atoms in total. The SMILES string of the molecule is Cc1ccsc1/C=N\NC(=O)c1cc(I)ccc1O. The number of benzene rings is 1. The summed E-state index contributed by atoms with van der Waals surface area (Å²) in [5.74, 6) is -0.484. The first-order valence-electron chi connectivity index (χ1n) is 5.44. The van der Waals surface area contributed by atoms with E-state index in [0.29, 0.717) is 0 Å². The number of nitrogens with one attached hydrogen (secondary N) is 1. The maximum absolute atomic E-state index is 11.8. The van der Waals surface area contributed by atoms with E-state index in [2.05, 4.69) is 33.1 Å². The van der Waals surface area contributed by atoms with Gasteiger partial charge in [0.1, 0.15) is 5.75 Å². The Balaban J connectivity index is 2.08. The van der Waals surface area contributed by atoms with Crippen LogP contribution in [-0.2, 0) is 0 Å². The minimum Gasteiger partial charge on any atom is -0.507 e. The molecular formula is C13H11IN2O2S. The third-order valence-corrected chi connectivity index (χ3v) is 4.08. The molecule has 0 fully saturated rings. The second-order valence-corrected chi connectivity index (χ2v) is 6.02. The Labute approximate surface area is 128 Å². The number of thiophene rings is 1. The Kier molecular flexibility index (Phi) is 4.54. The number of aryl methyl sites for hydroxylation is 1. The van der Waals surface area contributed by atoms with E-state index in [1.807, 2.05) is 18.4 Å². The molecule has 2 N–H and O–H groups in total. The van der Waals surface area contributed by atoms with Crippen LogP contribution in [0.3, 0.4) is 0 Å². The third kappa shape index (κ3) is 3.54. The lowest BCUT2D eigenvalue weighted by Crippen LogP contribution is -2.17. The molecule has 0 spiro atoms. The molecule has 6 heteroatoms. The normalized spacial score (nSPS) is 10.8. The fourth-order valence-electron chi connectivity index (χ4n) is 1.42. The van der Waals surface area contributed by atoms with Crippen molar-refractivity contribution in [1.29, 1.82) is 0 Å². The number of nitrogens with zero attached hydrogens (tertiary/aromatic N) is 1. The molecule has 1 heterocycles. The molecule has 0 aliphatic heterocycles. The molecule has 0 aliphatic rings. The van der Waals surface area contributed by atoms with Gasteiger partial charge in [0.2, 0.25) is 0 Å². The van der Waals surface area contributed by atoms with E-state index in [-0.39, 0.29) is 11.3 Å². The molecule has 0 saturated heterocycles. The highest BCUT2D eigenvalue weighted by Crippen LogP contribution is 2.19. The van der Waals surface area contributed by atoms with Crippen molar-refractivity contribution in [1.82, 2.24) is 5.43 Å². The van der Waals surface area contributed by atoms with Gasteiger partial charge in [0.25, 0.3) is 5.91 Å². The summed E-state index contributed by atoms with van der Waals surface area (Å²) < 4.78 is 0.874. The highest BCUT2D eigenvalue weighted by molar-refractivity contribution is 14.1. The first-order valence-corrected chi connectivity index (χ1v) is 7.40. The summed E-state index contributed by atoms with van der Waals surface area (Å²) in [6.45, 7) is 1.98. The van der Waals surface area contributed by atoms with Crippen LogP contribution in [0.2, 0.25) is 0 Å². The number of carbonyl (C=O) groups is 1. The predicted octanol–water partition coefficient (Wildman–Crippen LogP) is 3.13. The van der Waals surface area contributed by atoms with Crippen molar-refractivity contribution in [2.45, 2.75) is 6.92 Å². The number of phenolic OH excluding ortho intramolecular Hbond substituents is 1. The van der Waals surface area contributed by atoms with Crippen LogP contribution in [0.5, 0.6) is 5.75 Å². The van der Waals surface area contributed by atoms with Gasteiger partial charge in [-0.3, -0.25) is 4.79 Å². The summed E-state index contributed by atoms with van der Waals surface area (Å²) in [5.41, 5.74) is 3.73. The van der Waals surface area contributed by atoms with Crippen LogP contribution >= 0.6 is 33.9 Å². The first-order chi connectivity index (χ1) is 9.08. The average molecular weight is 386 g/mol. The van der Waals surface area contributed by atoms with Gasteiger partial charge in [0.05, 0.1) is 11.8 Å². The Bertz CT molecular complexity index is 637. The lowest BCUT2D eigenvalue weighted by Gasteiger charge is -2.03. The molecule has 2 aromatic rings. The number of aromatic hydroxyl groups is 1. The molecular weight excluding hydrogens is 375 g/mol. The summed E-state index contributed by atoms with van der Waals surface area (Å²) in [4.78, 5) is 12.8. The van der Waals surface area contributed by atoms with Gasteiger partial charge in [-0.05, 0) is 64.7 Å². The van der Waals surface area contributed by atoms with Crippen molar-refractivity contribution in [3.05, 3.63) is 49.2 Å². The average Bonchev–Trinajstić information content (AvgIpc) is 2.78. The van der Waals surface area contributed by atoms with E-state index < -0.39 is 5.91 Å². The monoisotopic (exact) mass is 386 g/mol. The zero-order valence-corrected chi connectivity index (χ0v) is 13.0. The molecule has 0 saturated carbocycles. The molecule has 1 aromatic heterocycles. The van der Waals surface area contributed by atoms with Gasteiger partial charge in [-0.25, -0.2) is 5.43 Å². The maximum atomic E-state index is 11.8. The van der Waals surface area contributed by atoms with Crippen LogP contribution in [0.4, 0.5) is 0 Å². The smallest absolute Gasteiger partial charge is 0.275 e. The van der Waals surface area contributed by atoms with Crippen molar-refractivity contribution in [2.75, 3.05) is 0 Å². The zero-order chi connectivity index (χ0) is 13.8. The minimum atomic E-state index is -0.429. The Hall–Kier alpha value is -1.41. The van der Waals surface area contributed by atoms with Crippen LogP contribution in [0, 0.1) is 10.5 Å². The molecule has 2 rings (SSSR count). The van der Waals surface area contributed by atoms with Crippen molar-refractivity contribution in [2.24, 2.45) is 5.10 Å². The molecule has 1 amide bonds. The second-order valence-electron chi connectivity index (χ2n) is 3.83. The van der Waals surface area contributed by atoms with Crippen molar-refractivity contribution in [3.8, 4) is 5.75 Å². The van der Waals surface area contributed by atoms with Gasteiger partial charge < -0.3 is 5.11 Å². The van der Waals surface area contributed by atoms with E-state index in [1.54, 1.807) is 29.7 Å². The summed E-state index contributed by atoms with van der Waals surface area (Å²) in [5, 5.41) is 15.5. The third-order valence-electron chi connectivity index (χ3n) is 2.45. The first kappa shape index (κ1) is 14.0. The summed E-state index contributed by atoms with van der Waals surface area (Å²) in [7, 11) is 0. The van der Waals surface area contributed by atoms with Gasteiger partial charge >= 0.3 is 0 Å². The number of hydrogen-bond donors (Lipinski definition) is 2. The fraction of sp³-hybridized carbons (Fsp3) is 0.0769. The Morgan fingerprint density at radius 1 is 1.47 bits per heavy atom. The predicted molar refractivity (Wildman–Crippen MR) is 84.9 cm³/mol. The summed E-state index contributed by atoms with van der Waals surface area (Å²) in [6.07, 6.45) is 1.60. The van der Waals surface area contributed by atoms with Crippen molar-refractivity contribution in [3.63, 3.8) is 0 Å². The van der Waals surface area contributed by atoms with E-state index in [4.69, 9.17) is 0 Å². The topological polar surface area (TPSA) is 61.7 Å². The molecule has 0 bridgehead atoms. The van der Waals surface area contributed by atoms with Gasteiger partial charge in [-0.15, -0.1) is 11.3 Å². The van der Waals surface area contributed by atoms with Crippen molar-refractivity contribution < 1.29 is 9.90 Å². The number of hydrazone groups is 1. The maximum Gasteiger partial charge on any atom is 0.275 e. The Morgan fingerprint density at radius 3 is 2.95 bits per heavy atom. The van der Waals surface area contributed by atoms with Gasteiger partial charge in [-0.1, -0.05) is 0 Å². The van der Waals surface area contributed by atoms with Crippen LogP contribution < -0.4 is 5.43 Å². The second kappa shape index (κ2) is 6.16. The van der Waals surface area contributed by atoms with Gasteiger partial charge in [0.15, 0.2) is 0 Å². The van der Waals surface area contributed by atoms with E-state index >= 15 is 0 Å². The van der Waals surface area contributed by atoms with Gasteiger partial charge in [-0.2, -0.15) is 5.10 Å². The number of carbonyl (C=O) groups excluding carboxylic acids is 1. The van der Waals surface area contributed by atoms with Crippen LogP contribution in [0.1, 0.15) is 20.8 Å². The number of phenols is 1. The summed E-state index contributed by atoms with van der Waals surface area (Å²) in [6, 6.07) is 6.81. The van der Waals surface area contributed by atoms with Crippen LogP contribution in [-0.4, -0.2) is 17.2 Å².